The van der Waals surface area contributed by atoms with Crippen molar-refractivity contribution in [1.29, 1.82) is 0 Å². The molecule has 0 saturated carbocycles. The Hall–Kier alpha value is -0.120. The third kappa shape index (κ3) is 5.58. The van der Waals surface area contributed by atoms with Crippen LogP contribution in [0.5, 0.6) is 0 Å². The monoisotopic (exact) mass is 201 g/mol. The van der Waals surface area contributed by atoms with E-state index in [0.717, 1.165) is 19.8 Å². The first kappa shape index (κ1) is 13.9. The first-order chi connectivity index (χ1) is 6.86. The fourth-order valence-corrected chi connectivity index (χ4v) is 1.58. The van der Waals surface area contributed by atoms with Gasteiger partial charge in [0.05, 0.1) is 0 Å². The second-order valence-electron chi connectivity index (χ2n) is 3.50. The number of unbranched alkanes of at least 4 members (excludes halogenated alkanes) is 1. The third-order valence-electron chi connectivity index (χ3n) is 2.55. The van der Waals surface area contributed by atoms with E-state index < -0.39 is 0 Å². The summed E-state index contributed by atoms with van der Waals surface area (Å²) < 4.78 is 0. The smallest absolute Gasteiger partial charge is 0.0456 e. The van der Waals surface area contributed by atoms with Crippen molar-refractivity contribution in [2.75, 3.05) is 39.4 Å². The minimum absolute atomic E-state index is 0.724. The Labute approximate surface area is 89.2 Å². The van der Waals surface area contributed by atoms with E-state index in [0.29, 0.717) is 0 Å². The van der Waals surface area contributed by atoms with Gasteiger partial charge in [0.25, 0.3) is 0 Å². The standard InChI is InChI=1S/C9H21N3.C2H6/c1-2-3-4-11-5-7-12(9-10)8-6-11;1-2/h2-10H2,1H3;1-2H3. The highest BCUT2D eigenvalue weighted by atomic mass is 15.3. The van der Waals surface area contributed by atoms with E-state index in [-0.39, 0.29) is 0 Å². The van der Waals surface area contributed by atoms with E-state index in [1.54, 1.807) is 0 Å². The molecule has 1 heterocycles. The SMILES string of the molecule is CC.CCCCN1CCN(CN)CC1. The highest BCUT2D eigenvalue weighted by molar-refractivity contribution is 4.69. The van der Waals surface area contributed by atoms with E-state index in [1.165, 1.54) is 32.5 Å². The Morgan fingerprint density at radius 2 is 1.50 bits per heavy atom. The van der Waals surface area contributed by atoms with Crippen molar-refractivity contribution in [2.24, 2.45) is 5.73 Å². The number of rotatable bonds is 4. The molecule has 0 amide bonds. The van der Waals surface area contributed by atoms with Crippen molar-refractivity contribution in [2.45, 2.75) is 33.6 Å². The Morgan fingerprint density at radius 3 is 1.93 bits per heavy atom. The molecule has 1 fully saturated rings. The lowest BCUT2D eigenvalue weighted by Crippen LogP contribution is -2.48. The zero-order chi connectivity index (χ0) is 10.8. The number of nitrogens with zero attached hydrogens (tertiary/aromatic N) is 2. The van der Waals surface area contributed by atoms with E-state index in [4.69, 9.17) is 5.73 Å². The molecule has 1 rings (SSSR count). The predicted molar refractivity (Wildman–Crippen MR) is 63.3 cm³/mol. The van der Waals surface area contributed by atoms with Crippen LogP contribution in [0.4, 0.5) is 0 Å². The van der Waals surface area contributed by atoms with E-state index in [9.17, 15) is 0 Å². The molecule has 1 aliphatic rings. The lowest BCUT2D eigenvalue weighted by molar-refractivity contribution is 0.133. The summed E-state index contributed by atoms with van der Waals surface area (Å²) >= 11 is 0. The average molecular weight is 201 g/mol. The summed E-state index contributed by atoms with van der Waals surface area (Å²) in [6, 6.07) is 0. The summed E-state index contributed by atoms with van der Waals surface area (Å²) in [5.41, 5.74) is 5.56. The van der Waals surface area contributed by atoms with Crippen LogP contribution in [0.1, 0.15) is 33.6 Å². The molecule has 0 aromatic carbocycles. The van der Waals surface area contributed by atoms with Crippen LogP contribution in [0.15, 0.2) is 0 Å². The summed E-state index contributed by atoms with van der Waals surface area (Å²) in [5, 5.41) is 0. The molecule has 0 aromatic rings. The van der Waals surface area contributed by atoms with Crippen molar-refractivity contribution in [1.82, 2.24) is 9.80 Å². The maximum absolute atomic E-state index is 5.56. The van der Waals surface area contributed by atoms with Gasteiger partial charge in [-0.05, 0) is 13.0 Å². The summed E-state index contributed by atoms with van der Waals surface area (Å²) in [6.45, 7) is 13.0. The lowest BCUT2D eigenvalue weighted by Gasteiger charge is -2.33. The second-order valence-corrected chi connectivity index (χ2v) is 3.50. The summed E-state index contributed by atoms with van der Waals surface area (Å²) in [4.78, 5) is 4.85. The van der Waals surface area contributed by atoms with Crippen molar-refractivity contribution in [3.8, 4) is 0 Å². The van der Waals surface area contributed by atoms with Crippen LogP contribution >= 0.6 is 0 Å². The normalized spacial score (nSPS) is 18.9. The van der Waals surface area contributed by atoms with Gasteiger partial charge < -0.3 is 10.6 Å². The zero-order valence-electron chi connectivity index (χ0n) is 10.1. The van der Waals surface area contributed by atoms with Crippen LogP contribution in [-0.4, -0.2) is 49.2 Å². The summed E-state index contributed by atoms with van der Waals surface area (Å²) in [5.74, 6) is 0. The molecule has 0 radical (unpaired) electrons. The van der Waals surface area contributed by atoms with Gasteiger partial charge in [-0.1, -0.05) is 27.2 Å². The van der Waals surface area contributed by atoms with Crippen molar-refractivity contribution in [3.05, 3.63) is 0 Å². The molecule has 0 atom stereocenters. The van der Waals surface area contributed by atoms with Gasteiger partial charge in [0.2, 0.25) is 0 Å². The molecule has 3 heteroatoms. The van der Waals surface area contributed by atoms with Gasteiger partial charge in [0.15, 0.2) is 0 Å². The molecule has 0 aromatic heterocycles. The van der Waals surface area contributed by atoms with Crippen LogP contribution in [0, 0.1) is 0 Å². The van der Waals surface area contributed by atoms with E-state index in [1.807, 2.05) is 13.8 Å². The summed E-state index contributed by atoms with van der Waals surface area (Å²) in [7, 11) is 0. The molecule has 1 aliphatic heterocycles. The molecule has 0 aliphatic carbocycles. The van der Waals surface area contributed by atoms with Crippen LogP contribution in [0.3, 0.4) is 0 Å². The molecule has 1 saturated heterocycles. The zero-order valence-corrected chi connectivity index (χ0v) is 10.1. The fraction of sp³-hybridized carbons (Fsp3) is 1.00. The van der Waals surface area contributed by atoms with Crippen molar-refractivity contribution < 1.29 is 0 Å². The van der Waals surface area contributed by atoms with E-state index >= 15 is 0 Å². The second kappa shape index (κ2) is 9.44. The molecule has 0 unspecified atom stereocenters. The molecule has 0 spiro atoms. The molecule has 3 nitrogen and oxygen atoms in total. The van der Waals surface area contributed by atoms with Crippen LogP contribution in [0.25, 0.3) is 0 Å². The first-order valence-corrected chi connectivity index (χ1v) is 6.01. The van der Waals surface area contributed by atoms with Crippen molar-refractivity contribution in [3.63, 3.8) is 0 Å². The molecular weight excluding hydrogens is 174 g/mol. The van der Waals surface area contributed by atoms with Gasteiger partial charge in [-0.25, -0.2) is 0 Å². The van der Waals surface area contributed by atoms with Crippen LogP contribution in [-0.2, 0) is 0 Å². The van der Waals surface area contributed by atoms with Gasteiger partial charge in [-0.15, -0.1) is 0 Å². The Bertz CT molecular complexity index is 109. The Balaban J connectivity index is 0.000000791. The maximum Gasteiger partial charge on any atom is 0.0456 e. The number of nitrogens with two attached hydrogens (primary N) is 1. The minimum Gasteiger partial charge on any atom is -0.318 e. The average Bonchev–Trinajstić information content (AvgIpc) is 2.30. The molecular formula is C11H27N3. The third-order valence-corrected chi connectivity index (χ3v) is 2.55. The largest absolute Gasteiger partial charge is 0.318 e. The molecule has 2 N–H and O–H groups in total. The van der Waals surface area contributed by atoms with Crippen molar-refractivity contribution >= 4 is 0 Å². The summed E-state index contributed by atoms with van der Waals surface area (Å²) in [6.07, 6.45) is 2.64. The molecule has 14 heavy (non-hydrogen) atoms. The first-order valence-electron chi connectivity index (χ1n) is 6.01. The minimum atomic E-state index is 0.724. The maximum atomic E-state index is 5.56. The lowest BCUT2D eigenvalue weighted by atomic mass is 10.2. The van der Waals surface area contributed by atoms with Gasteiger partial charge in [-0.2, -0.15) is 0 Å². The van der Waals surface area contributed by atoms with E-state index in [2.05, 4.69) is 16.7 Å². The Kier molecular flexibility index (Phi) is 9.35. The highest BCUT2D eigenvalue weighted by Crippen LogP contribution is 2.01. The van der Waals surface area contributed by atoms with Gasteiger partial charge >= 0.3 is 0 Å². The number of hydrogen-bond acceptors (Lipinski definition) is 3. The quantitative estimate of drug-likeness (QED) is 0.745. The van der Waals surface area contributed by atoms with Crippen LogP contribution in [0.2, 0.25) is 0 Å². The Morgan fingerprint density at radius 1 is 1.00 bits per heavy atom. The highest BCUT2D eigenvalue weighted by Gasteiger charge is 2.14. The van der Waals surface area contributed by atoms with Gasteiger partial charge in [-0.3, -0.25) is 4.90 Å². The fourth-order valence-electron chi connectivity index (χ4n) is 1.58. The number of piperazine rings is 1. The van der Waals surface area contributed by atoms with Gasteiger partial charge in [0.1, 0.15) is 0 Å². The topological polar surface area (TPSA) is 32.5 Å². The van der Waals surface area contributed by atoms with Crippen LogP contribution < -0.4 is 5.73 Å². The number of hydrogen-bond donors (Lipinski definition) is 1. The van der Waals surface area contributed by atoms with Gasteiger partial charge in [0, 0.05) is 32.8 Å². The molecule has 0 bridgehead atoms. The molecule has 86 valence electrons. The predicted octanol–water partition coefficient (Wildman–Crippen LogP) is 1.35.